The fraction of sp³-hybridized carbons (Fsp3) is 0.435. The maximum atomic E-state index is 13.1. The van der Waals surface area contributed by atoms with Crippen LogP contribution in [-0.2, 0) is 4.79 Å². The molecule has 1 fully saturated rings. The number of nitrogens with zero attached hydrogens (tertiary/aromatic N) is 5. The van der Waals surface area contributed by atoms with Gasteiger partial charge in [-0.2, -0.15) is 0 Å². The molecule has 0 radical (unpaired) electrons. The van der Waals surface area contributed by atoms with Crippen LogP contribution < -0.4 is 5.32 Å². The average molecular weight is 450 g/mol. The van der Waals surface area contributed by atoms with Crippen molar-refractivity contribution in [2.24, 2.45) is 4.99 Å². The van der Waals surface area contributed by atoms with Gasteiger partial charge in [0.15, 0.2) is 0 Å². The quantitative estimate of drug-likeness (QED) is 0.567. The van der Waals surface area contributed by atoms with Crippen LogP contribution >= 0.6 is 0 Å². The van der Waals surface area contributed by atoms with Crippen molar-refractivity contribution in [3.63, 3.8) is 0 Å². The number of hydrogen-bond acceptors (Lipinski definition) is 6. The molecule has 3 aliphatic rings. The number of aromatic nitrogens is 3. The Hall–Kier alpha value is -3.69. The molecule has 10 nitrogen and oxygen atoms in total. The smallest absolute Gasteiger partial charge is 0.320 e. The van der Waals surface area contributed by atoms with Crippen molar-refractivity contribution >= 4 is 28.9 Å². The van der Waals surface area contributed by atoms with Crippen LogP contribution in [0, 0.1) is 0 Å². The number of nitrogens with one attached hydrogen (secondary N) is 2. The maximum absolute atomic E-state index is 13.1. The highest BCUT2D eigenvalue weighted by Crippen LogP contribution is 2.28. The number of aromatic amines is 1. The monoisotopic (exact) mass is 449 g/mol. The van der Waals surface area contributed by atoms with Crippen LogP contribution in [0.4, 0.5) is 4.79 Å². The van der Waals surface area contributed by atoms with E-state index in [9.17, 15) is 14.7 Å². The Balaban J connectivity index is 1.22. The summed E-state index contributed by atoms with van der Waals surface area (Å²) in [5, 5.41) is 12.8. The third-order valence-corrected chi connectivity index (χ3v) is 6.29. The molecule has 5 rings (SSSR count). The number of carboxylic acid groups (broad SMARTS) is 1. The first kappa shape index (κ1) is 21.2. The summed E-state index contributed by atoms with van der Waals surface area (Å²) >= 11 is 0. The molecule has 3 aliphatic heterocycles. The van der Waals surface area contributed by atoms with Gasteiger partial charge in [0.25, 0.3) is 0 Å². The number of fused-ring (bicyclic) bond motifs is 2. The van der Waals surface area contributed by atoms with Gasteiger partial charge in [0, 0.05) is 37.9 Å². The molecule has 1 saturated heterocycles. The number of carboxylic acids is 1. The number of carbonyl (C=O) groups is 2. The number of carbonyl (C=O) groups excluding carboxylic acids is 1. The van der Waals surface area contributed by atoms with E-state index in [4.69, 9.17) is 4.99 Å². The van der Waals surface area contributed by atoms with E-state index in [1.807, 2.05) is 0 Å². The van der Waals surface area contributed by atoms with E-state index in [-0.39, 0.29) is 18.5 Å². The molecule has 10 heteroatoms. The van der Waals surface area contributed by atoms with Crippen LogP contribution in [0.2, 0.25) is 0 Å². The Labute approximate surface area is 191 Å². The molecule has 0 saturated carbocycles. The lowest BCUT2D eigenvalue weighted by molar-refractivity contribution is -0.138. The Bertz CT molecular complexity index is 1120. The molecule has 2 atom stereocenters. The molecule has 172 valence electrons. The maximum Gasteiger partial charge on any atom is 0.320 e. The van der Waals surface area contributed by atoms with Crippen LogP contribution in [0.25, 0.3) is 11.0 Å². The minimum absolute atomic E-state index is 0.112. The largest absolute Gasteiger partial charge is 0.481 e. The van der Waals surface area contributed by atoms with Gasteiger partial charge in [0.2, 0.25) is 0 Å². The number of aliphatic imine (C=N–C) groups is 1. The van der Waals surface area contributed by atoms with E-state index in [2.05, 4.69) is 38.5 Å². The highest BCUT2D eigenvalue weighted by atomic mass is 16.4. The zero-order valence-corrected chi connectivity index (χ0v) is 18.3. The number of urea groups is 1. The first-order valence-electron chi connectivity index (χ1n) is 11.4. The summed E-state index contributed by atoms with van der Waals surface area (Å²) in [4.78, 5) is 44.6. The van der Waals surface area contributed by atoms with E-state index in [1.54, 1.807) is 28.3 Å². The van der Waals surface area contributed by atoms with Crippen molar-refractivity contribution in [1.29, 1.82) is 0 Å². The molecular weight excluding hydrogens is 422 g/mol. The van der Waals surface area contributed by atoms with E-state index in [0.717, 1.165) is 42.7 Å². The number of amidine groups is 1. The van der Waals surface area contributed by atoms with Gasteiger partial charge in [-0.3, -0.25) is 14.8 Å². The van der Waals surface area contributed by atoms with Crippen LogP contribution in [-0.4, -0.2) is 79.9 Å². The summed E-state index contributed by atoms with van der Waals surface area (Å²) in [7, 11) is 0. The van der Waals surface area contributed by atoms with Gasteiger partial charge >= 0.3 is 12.0 Å². The molecule has 0 aliphatic carbocycles. The zero-order chi connectivity index (χ0) is 22.8. The summed E-state index contributed by atoms with van der Waals surface area (Å²) in [6.45, 7) is 2.57. The van der Waals surface area contributed by atoms with Gasteiger partial charge in [-0.15, -0.1) is 0 Å². The van der Waals surface area contributed by atoms with E-state index < -0.39 is 12.0 Å². The number of H-pyrrole nitrogens is 1. The topological polar surface area (TPSA) is 127 Å². The average Bonchev–Trinajstić information content (AvgIpc) is 3.41. The number of dihydropyridines is 1. The van der Waals surface area contributed by atoms with Gasteiger partial charge in [0.05, 0.1) is 24.2 Å². The number of amides is 2. The molecule has 0 aromatic carbocycles. The standard InChI is InChI=1S/C23H27N7O3/c31-20(32)13-19(22-27-17-7-9-24-14-18(17)28-22)30-12-11-29(23(30)33)10-2-4-16-6-5-15-3-1-8-25-21(15)26-16/h3,5-7,9,14,16,19H,1-2,4,8,10-13H2,(H,25,26)(H,27,28)(H,31,32). The van der Waals surface area contributed by atoms with E-state index in [0.29, 0.717) is 31.0 Å². The SMILES string of the molecule is O=C(O)CC(c1nc2cnccc2[nH]1)N1CCN(CCCC2C=CC3=CCCNC3=N2)C1=O. The molecule has 5 heterocycles. The predicted molar refractivity (Wildman–Crippen MR) is 123 cm³/mol. The minimum Gasteiger partial charge on any atom is -0.481 e. The highest BCUT2D eigenvalue weighted by Gasteiger charge is 2.37. The molecule has 0 spiro atoms. The minimum atomic E-state index is -0.974. The van der Waals surface area contributed by atoms with E-state index in [1.165, 1.54) is 0 Å². The predicted octanol–water partition coefficient (Wildman–Crippen LogP) is 2.25. The second kappa shape index (κ2) is 9.05. The lowest BCUT2D eigenvalue weighted by Gasteiger charge is -2.25. The lowest BCUT2D eigenvalue weighted by Crippen LogP contribution is -2.36. The Morgan fingerprint density at radius 3 is 3.09 bits per heavy atom. The van der Waals surface area contributed by atoms with Crippen LogP contribution in [0.1, 0.15) is 37.5 Å². The number of aliphatic carboxylic acids is 1. The first-order valence-corrected chi connectivity index (χ1v) is 11.4. The molecule has 2 aromatic rings. The van der Waals surface area contributed by atoms with Gasteiger partial charge in [0.1, 0.15) is 23.2 Å². The summed E-state index contributed by atoms with van der Waals surface area (Å²) in [6.07, 6.45) is 12.2. The lowest BCUT2D eigenvalue weighted by atomic mass is 10.0. The summed E-state index contributed by atoms with van der Waals surface area (Å²) in [5.41, 5.74) is 2.58. The second-order valence-corrected chi connectivity index (χ2v) is 8.51. The zero-order valence-electron chi connectivity index (χ0n) is 18.3. The Kier molecular flexibility index (Phi) is 5.80. The van der Waals surface area contributed by atoms with Gasteiger partial charge in [-0.05, 0) is 25.3 Å². The molecule has 33 heavy (non-hydrogen) atoms. The number of hydrogen-bond donors (Lipinski definition) is 3. The van der Waals surface area contributed by atoms with Crippen molar-refractivity contribution in [1.82, 2.24) is 30.1 Å². The van der Waals surface area contributed by atoms with Crippen LogP contribution in [0.15, 0.2) is 47.3 Å². The van der Waals surface area contributed by atoms with Gasteiger partial charge in [-0.1, -0.05) is 18.2 Å². The summed E-state index contributed by atoms with van der Waals surface area (Å²) in [6, 6.07) is 1.10. The molecule has 3 N–H and O–H groups in total. The summed E-state index contributed by atoms with van der Waals surface area (Å²) in [5.74, 6) is 0.468. The number of pyridine rings is 1. The van der Waals surface area contributed by atoms with Gasteiger partial charge < -0.3 is 25.2 Å². The van der Waals surface area contributed by atoms with Crippen LogP contribution in [0.3, 0.4) is 0 Å². The highest BCUT2D eigenvalue weighted by molar-refractivity contribution is 6.02. The van der Waals surface area contributed by atoms with Crippen molar-refractivity contribution in [2.45, 2.75) is 37.8 Å². The molecule has 0 bridgehead atoms. The first-order chi connectivity index (χ1) is 16.1. The van der Waals surface area contributed by atoms with Gasteiger partial charge in [-0.25, -0.2) is 9.78 Å². The molecular formula is C23H27N7O3. The molecule has 2 aromatic heterocycles. The Morgan fingerprint density at radius 2 is 2.24 bits per heavy atom. The second-order valence-electron chi connectivity index (χ2n) is 8.51. The fourth-order valence-electron chi connectivity index (χ4n) is 4.61. The molecule has 2 amide bonds. The third-order valence-electron chi connectivity index (χ3n) is 6.29. The number of imidazole rings is 1. The van der Waals surface area contributed by atoms with Crippen molar-refractivity contribution in [3.05, 3.63) is 48.1 Å². The summed E-state index contributed by atoms with van der Waals surface area (Å²) < 4.78 is 0. The van der Waals surface area contributed by atoms with Crippen molar-refractivity contribution < 1.29 is 14.7 Å². The van der Waals surface area contributed by atoms with E-state index >= 15 is 0 Å². The van der Waals surface area contributed by atoms with Crippen molar-refractivity contribution in [2.75, 3.05) is 26.2 Å². The Morgan fingerprint density at radius 1 is 1.33 bits per heavy atom. The van der Waals surface area contributed by atoms with Crippen LogP contribution in [0.5, 0.6) is 0 Å². The number of rotatable bonds is 8. The molecule has 2 unspecified atom stereocenters. The fourth-order valence-corrected chi connectivity index (χ4v) is 4.61. The van der Waals surface area contributed by atoms with Crippen molar-refractivity contribution in [3.8, 4) is 0 Å². The normalized spacial score (nSPS) is 21.0. The third kappa shape index (κ3) is 4.46.